The van der Waals surface area contributed by atoms with Crippen molar-refractivity contribution < 1.29 is 4.74 Å². The molecule has 4 heteroatoms. The highest BCUT2D eigenvalue weighted by molar-refractivity contribution is 9.10. The van der Waals surface area contributed by atoms with E-state index in [0.717, 1.165) is 16.8 Å². The molecule has 0 aliphatic carbocycles. The fourth-order valence-electron chi connectivity index (χ4n) is 1.51. The number of rotatable bonds is 7. The van der Waals surface area contributed by atoms with E-state index in [1.165, 1.54) is 17.7 Å². The Labute approximate surface area is 117 Å². The second-order valence-corrected chi connectivity index (χ2v) is 5.87. The highest BCUT2D eigenvalue weighted by Gasteiger charge is 2.03. The van der Waals surface area contributed by atoms with Gasteiger partial charge in [-0.05, 0) is 59.0 Å². The average molecular weight is 318 g/mol. The Morgan fingerprint density at radius 1 is 1.47 bits per heavy atom. The van der Waals surface area contributed by atoms with Gasteiger partial charge in [0.2, 0.25) is 0 Å². The third-order valence-corrected chi connectivity index (χ3v) is 3.89. The van der Waals surface area contributed by atoms with Crippen molar-refractivity contribution >= 4 is 27.7 Å². The molecule has 0 radical (unpaired) electrons. The largest absolute Gasteiger partial charge is 0.496 e. The van der Waals surface area contributed by atoms with E-state index in [4.69, 9.17) is 4.74 Å². The highest BCUT2D eigenvalue weighted by atomic mass is 79.9. The summed E-state index contributed by atoms with van der Waals surface area (Å²) in [7, 11) is 1.68. The highest BCUT2D eigenvalue weighted by Crippen LogP contribution is 2.25. The van der Waals surface area contributed by atoms with Crippen LogP contribution in [0.5, 0.6) is 5.75 Å². The van der Waals surface area contributed by atoms with Gasteiger partial charge in [0.1, 0.15) is 5.75 Å². The summed E-state index contributed by atoms with van der Waals surface area (Å²) in [6.45, 7) is 3.13. The fourth-order valence-corrected chi connectivity index (χ4v) is 2.69. The number of methoxy groups -OCH3 is 1. The zero-order chi connectivity index (χ0) is 12.7. The van der Waals surface area contributed by atoms with Crippen LogP contribution in [-0.2, 0) is 6.54 Å². The van der Waals surface area contributed by atoms with Crippen molar-refractivity contribution in [3.05, 3.63) is 28.2 Å². The molecule has 0 bridgehead atoms. The van der Waals surface area contributed by atoms with Crippen LogP contribution >= 0.6 is 27.7 Å². The van der Waals surface area contributed by atoms with Gasteiger partial charge >= 0.3 is 0 Å². The summed E-state index contributed by atoms with van der Waals surface area (Å²) in [6, 6.07) is 6.75. The maximum Gasteiger partial charge on any atom is 0.133 e. The zero-order valence-electron chi connectivity index (χ0n) is 10.6. The molecule has 17 heavy (non-hydrogen) atoms. The van der Waals surface area contributed by atoms with Gasteiger partial charge in [0.15, 0.2) is 0 Å². The first-order valence-corrected chi connectivity index (χ1v) is 7.90. The second-order valence-electron chi connectivity index (χ2n) is 4.03. The van der Waals surface area contributed by atoms with E-state index in [9.17, 15) is 0 Å². The molecule has 0 aliphatic heterocycles. The predicted molar refractivity (Wildman–Crippen MR) is 80.0 cm³/mol. The van der Waals surface area contributed by atoms with Crippen molar-refractivity contribution in [2.45, 2.75) is 25.9 Å². The van der Waals surface area contributed by atoms with Gasteiger partial charge in [-0.1, -0.05) is 6.07 Å². The molecule has 0 fully saturated rings. The standard InChI is InChI=1S/C13H20BrNOS/c1-10(6-7-17-3)15-9-11-4-5-13(16-2)12(14)8-11/h4-5,8,10,15H,6-7,9H2,1-3H3. The Bertz CT molecular complexity index is 346. The quantitative estimate of drug-likeness (QED) is 0.828. The summed E-state index contributed by atoms with van der Waals surface area (Å²) in [6.07, 6.45) is 3.35. The minimum absolute atomic E-state index is 0.559. The Morgan fingerprint density at radius 3 is 2.82 bits per heavy atom. The van der Waals surface area contributed by atoms with E-state index < -0.39 is 0 Å². The van der Waals surface area contributed by atoms with Gasteiger partial charge in [-0.15, -0.1) is 0 Å². The Balaban J connectivity index is 2.44. The lowest BCUT2D eigenvalue weighted by atomic mass is 10.2. The van der Waals surface area contributed by atoms with E-state index in [0.29, 0.717) is 6.04 Å². The molecule has 1 atom stereocenters. The normalized spacial score (nSPS) is 12.5. The van der Waals surface area contributed by atoms with Gasteiger partial charge in [0.25, 0.3) is 0 Å². The van der Waals surface area contributed by atoms with E-state index in [1.54, 1.807) is 7.11 Å². The van der Waals surface area contributed by atoms with Gasteiger partial charge in [-0.25, -0.2) is 0 Å². The molecular weight excluding hydrogens is 298 g/mol. The third-order valence-electron chi connectivity index (χ3n) is 2.63. The molecule has 0 saturated heterocycles. The number of benzene rings is 1. The van der Waals surface area contributed by atoms with Crippen molar-refractivity contribution in [2.24, 2.45) is 0 Å². The summed E-state index contributed by atoms with van der Waals surface area (Å²) in [5, 5.41) is 3.52. The summed E-state index contributed by atoms with van der Waals surface area (Å²) in [5.74, 6) is 2.09. The van der Waals surface area contributed by atoms with Crippen LogP contribution < -0.4 is 10.1 Å². The lowest BCUT2D eigenvalue weighted by molar-refractivity contribution is 0.412. The number of thioether (sulfide) groups is 1. The molecule has 0 saturated carbocycles. The third kappa shape index (κ3) is 5.32. The van der Waals surface area contributed by atoms with E-state index >= 15 is 0 Å². The molecule has 96 valence electrons. The van der Waals surface area contributed by atoms with Crippen LogP contribution in [0, 0.1) is 0 Å². The molecule has 1 aromatic rings. The van der Waals surface area contributed by atoms with Gasteiger partial charge in [-0.2, -0.15) is 11.8 Å². The molecule has 0 amide bonds. The maximum atomic E-state index is 5.21. The monoisotopic (exact) mass is 317 g/mol. The van der Waals surface area contributed by atoms with Crippen LogP contribution in [0.4, 0.5) is 0 Å². The Hall–Kier alpha value is -0.190. The zero-order valence-corrected chi connectivity index (χ0v) is 13.0. The molecule has 1 N–H and O–H groups in total. The number of hydrogen-bond acceptors (Lipinski definition) is 3. The van der Waals surface area contributed by atoms with Crippen molar-refractivity contribution in [2.75, 3.05) is 19.1 Å². The van der Waals surface area contributed by atoms with Gasteiger partial charge in [0, 0.05) is 12.6 Å². The fraction of sp³-hybridized carbons (Fsp3) is 0.538. The minimum Gasteiger partial charge on any atom is -0.496 e. The molecule has 1 unspecified atom stereocenters. The first-order chi connectivity index (χ1) is 8.17. The summed E-state index contributed by atoms with van der Waals surface area (Å²) >= 11 is 5.40. The topological polar surface area (TPSA) is 21.3 Å². The number of ether oxygens (including phenoxy) is 1. The van der Waals surface area contributed by atoms with Crippen molar-refractivity contribution in [1.82, 2.24) is 5.32 Å². The Morgan fingerprint density at radius 2 is 2.24 bits per heavy atom. The lowest BCUT2D eigenvalue weighted by Gasteiger charge is -2.13. The van der Waals surface area contributed by atoms with Crippen LogP contribution in [0.1, 0.15) is 18.9 Å². The molecule has 0 aliphatic rings. The van der Waals surface area contributed by atoms with E-state index in [1.807, 2.05) is 17.8 Å². The van der Waals surface area contributed by atoms with Crippen LogP contribution in [0.25, 0.3) is 0 Å². The average Bonchev–Trinajstić information content (AvgIpc) is 2.34. The van der Waals surface area contributed by atoms with Crippen LogP contribution in [0.15, 0.2) is 22.7 Å². The summed E-state index contributed by atoms with van der Waals surface area (Å²) in [5.41, 5.74) is 1.27. The molecule has 2 nitrogen and oxygen atoms in total. The maximum absolute atomic E-state index is 5.21. The minimum atomic E-state index is 0.559. The SMILES string of the molecule is COc1ccc(CNC(C)CCSC)cc1Br. The van der Waals surface area contributed by atoms with Crippen molar-refractivity contribution in [3.63, 3.8) is 0 Å². The van der Waals surface area contributed by atoms with Crippen LogP contribution in [-0.4, -0.2) is 25.2 Å². The first kappa shape index (κ1) is 14.9. The smallest absolute Gasteiger partial charge is 0.133 e. The second kappa shape index (κ2) is 8.01. The number of nitrogens with one attached hydrogen (secondary N) is 1. The number of hydrogen-bond donors (Lipinski definition) is 1. The predicted octanol–water partition coefficient (Wildman–Crippen LogP) is 3.69. The molecule has 1 rings (SSSR count). The van der Waals surface area contributed by atoms with Gasteiger partial charge < -0.3 is 10.1 Å². The number of halogens is 1. The van der Waals surface area contributed by atoms with E-state index in [2.05, 4.69) is 46.6 Å². The first-order valence-electron chi connectivity index (χ1n) is 5.72. The van der Waals surface area contributed by atoms with Gasteiger partial charge in [-0.3, -0.25) is 0 Å². The molecule has 0 spiro atoms. The van der Waals surface area contributed by atoms with Crippen LogP contribution in [0.2, 0.25) is 0 Å². The molecule has 0 heterocycles. The van der Waals surface area contributed by atoms with Crippen molar-refractivity contribution in [3.8, 4) is 5.75 Å². The molecule has 0 aromatic heterocycles. The Kier molecular flexibility index (Phi) is 7.00. The van der Waals surface area contributed by atoms with Crippen molar-refractivity contribution in [1.29, 1.82) is 0 Å². The van der Waals surface area contributed by atoms with Crippen LogP contribution in [0.3, 0.4) is 0 Å². The summed E-state index contributed by atoms with van der Waals surface area (Å²) < 4.78 is 6.22. The lowest BCUT2D eigenvalue weighted by Crippen LogP contribution is -2.25. The summed E-state index contributed by atoms with van der Waals surface area (Å²) in [4.78, 5) is 0. The van der Waals surface area contributed by atoms with Gasteiger partial charge in [0.05, 0.1) is 11.6 Å². The molecule has 1 aromatic carbocycles. The van der Waals surface area contributed by atoms with E-state index in [-0.39, 0.29) is 0 Å². The molecular formula is C13H20BrNOS.